The van der Waals surface area contributed by atoms with Crippen LogP contribution in [0.15, 0.2) is 30.3 Å². The Kier molecular flexibility index (Phi) is 5.54. The van der Waals surface area contributed by atoms with Gasteiger partial charge >= 0.3 is 0 Å². The number of benzene rings is 1. The maximum absolute atomic E-state index is 3.44. The lowest BCUT2D eigenvalue weighted by atomic mass is 10.0. The molecule has 1 saturated heterocycles. The summed E-state index contributed by atoms with van der Waals surface area (Å²) in [6, 6.07) is 12.0. The highest BCUT2D eigenvalue weighted by Gasteiger charge is 2.19. The van der Waals surface area contributed by atoms with Crippen molar-refractivity contribution in [2.75, 3.05) is 31.6 Å². The van der Waals surface area contributed by atoms with Crippen molar-refractivity contribution in [3.63, 3.8) is 0 Å². The molecule has 0 radical (unpaired) electrons. The van der Waals surface area contributed by atoms with Gasteiger partial charge in [0.1, 0.15) is 0 Å². The highest BCUT2D eigenvalue weighted by Crippen LogP contribution is 2.20. The molecule has 2 rings (SSSR count). The smallest absolute Gasteiger partial charge is 0.0329 e. The third-order valence-electron chi connectivity index (χ3n) is 3.76. The van der Waals surface area contributed by atoms with Crippen LogP contribution in [0.25, 0.3) is 0 Å². The Morgan fingerprint density at radius 2 is 2.17 bits per heavy atom. The summed E-state index contributed by atoms with van der Waals surface area (Å²) < 4.78 is 0. The molecule has 1 N–H and O–H groups in total. The molecular formula is C15H24N2S. The molecule has 2 atom stereocenters. The number of hydrogen-bond acceptors (Lipinski definition) is 3. The van der Waals surface area contributed by atoms with Crippen LogP contribution in [0.2, 0.25) is 0 Å². The number of thioether (sulfide) groups is 1. The van der Waals surface area contributed by atoms with Crippen LogP contribution in [-0.2, 0) is 0 Å². The van der Waals surface area contributed by atoms with Crippen LogP contribution in [0.5, 0.6) is 0 Å². The van der Waals surface area contributed by atoms with E-state index in [9.17, 15) is 0 Å². The van der Waals surface area contributed by atoms with Crippen LogP contribution in [0.3, 0.4) is 0 Å². The third-order valence-corrected chi connectivity index (χ3v) is 4.95. The predicted molar refractivity (Wildman–Crippen MR) is 81.2 cm³/mol. The summed E-state index contributed by atoms with van der Waals surface area (Å²) in [4.78, 5) is 2.63. The minimum atomic E-state index is 0.480. The van der Waals surface area contributed by atoms with E-state index in [1.165, 1.54) is 36.6 Å². The second-order valence-corrected chi connectivity index (χ2v) is 6.15. The lowest BCUT2D eigenvalue weighted by Gasteiger charge is -2.34. The molecule has 0 aromatic heterocycles. The minimum absolute atomic E-state index is 0.480. The molecule has 0 amide bonds. The lowest BCUT2D eigenvalue weighted by Crippen LogP contribution is -2.41. The molecule has 1 aromatic rings. The van der Waals surface area contributed by atoms with Crippen molar-refractivity contribution in [2.45, 2.75) is 25.4 Å². The molecule has 0 aliphatic carbocycles. The van der Waals surface area contributed by atoms with Crippen LogP contribution >= 0.6 is 11.8 Å². The molecule has 1 aromatic carbocycles. The first kappa shape index (κ1) is 13.9. The first-order valence-corrected chi connectivity index (χ1v) is 8.00. The summed E-state index contributed by atoms with van der Waals surface area (Å²) in [6.45, 7) is 4.79. The lowest BCUT2D eigenvalue weighted by molar-refractivity contribution is 0.220. The Bertz CT molecular complexity index is 342. The topological polar surface area (TPSA) is 15.3 Å². The molecule has 1 aliphatic rings. The first-order valence-electron chi connectivity index (χ1n) is 6.85. The summed E-state index contributed by atoms with van der Waals surface area (Å²) >= 11 is 2.09. The predicted octanol–water partition coefficient (Wildman–Crippen LogP) is 2.77. The fourth-order valence-corrected chi connectivity index (χ4v) is 3.63. The standard InChI is InChI=1S/C15H24N2S/c1-13-12-18-11-10-17(13)9-8-15(16-2)14-6-4-3-5-7-14/h3-7,13,15-16H,8-12H2,1-2H3. The van der Waals surface area contributed by atoms with Gasteiger partial charge in [0.2, 0.25) is 0 Å². The molecule has 1 heterocycles. The SMILES string of the molecule is CNC(CCN1CCSCC1C)c1ccccc1. The van der Waals surface area contributed by atoms with Gasteiger partial charge in [-0.05, 0) is 26.0 Å². The molecule has 1 aliphatic heterocycles. The Balaban J connectivity index is 1.87. The van der Waals surface area contributed by atoms with Crippen LogP contribution in [-0.4, -0.2) is 42.6 Å². The number of nitrogens with zero attached hydrogens (tertiary/aromatic N) is 1. The Hall–Kier alpha value is -0.510. The molecule has 0 spiro atoms. The molecular weight excluding hydrogens is 240 g/mol. The summed E-state index contributed by atoms with van der Waals surface area (Å²) in [7, 11) is 2.06. The van der Waals surface area contributed by atoms with Crippen molar-refractivity contribution in [2.24, 2.45) is 0 Å². The van der Waals surface area contributed by atoms with Crippen molar-refractivity contribution in [1.82, 2.24) is 10.2 Å². The fraction of sp³-hybridized carbons (Fsp3) is 0.600. The maximum Gasteiger partial charge on any atom is 0.0329 e. The quantitative estimate of drug-likeness (QED) is 0.880. The molecule has 2 nitrogen and oxygen atoms in total. The van der Waals surface area contributed by atoms with Gasteiger partial charge in [0.25, 0.3) is 0 Å². The average molecular weight is 264 g/mol. The highest BCUT2D eigenvalue weighted by atomic mass is 32.2. The van der Waals surface area contributed by atoms with E-state index in [1.807, 2.05) is 0 Å². The van der Waals surface area contributed by atoms with Crippen LogP contribution < -0.4 is 5.32 Å². The highest BCUT2D eigenvalue weighted by molar-refractivity contribution is 7.99. The van der Waals surface area contributed by atoms with Crippen molar-refractivity contribution in [3.8, 4) is 0 Å². The molecule has 18 heavy (non-hydrogen) atoms. The van der Waals surface area contributed by atoms with Gasteiger partial charge in [-0.25, -0.2) is 0 Å². The average Bonchev–Trinajstić information content (AvgIpc) is 2.42. The maximum atomic E-state index is 3.44. The van der Waals surface area contributed by atoms with Crippen LogP contribution in [0, 0.1) is 0 Å². The van der Waals surface area contributed by atoms with E-state index in [4.69, 9.17) is 0 Å². The van der Waals surface area contributed by atoms with Gasteiger partial charge in [-0.15, -0.1) is 0 Å². The van der Waals surface area contributed by atoms with Gasteiger partial charge in [-0.3, -0.25) is 4.90 Å². The number of nitrogens with one attached hydrogen (secondary N) is 1. The Morgan fingerprint density at radius 3 is 2.83 bits per heavy atom. The van der Waals surface area contributed by atoms with Gasteiger partial charge in [-0.1, -0.05) is 30.3 Å². The van der Waals surface area contributed by atoms with Crippen LogP contribution in [0.4, 0.5) is 0 Å². The summed E-state index contributed by atoms with van der Waals surface area (Å²) in [6.07, 6.45) is 1.19. The van der Waals surface area contributed by atoms with Gasteiger partial charge in [-0.2, -0.15) is 11.8 Å². The second-order valence-electron chi connectivity index (χ2n) is 5.00. The van der Waals surface area contributed by atoms with E-state index in [0.717, 1.165) is 6.04 Å². The van der Waals surface area contributed by atoms with Gasteiger partial charge in [0, 0.05) is 36.7 Å². The molecule has 3 heteroatoms. The van der Waals surface area contributed by atoms with E-state index in [1.54, 1.807) is 0 Å². The van der Waals surface area contributed by atoms with E-state index in [0.29, 0.717) is 6.04 Å². The number of hydrogen-bond donors (Lipinski definition) is 1. The number of rotatable bonds is 5. The van der Waals surface area contributed by atoms with Gasteiger partial charge < -0.3 is 5.32 Å². The molecule has 0 saturated carbocycles. The minimum Gasteiger partial charge on any atom is -0.313 e. The van der Waals surface area contributed by atoms with Crippen molar-refractivity contribution < 1.29 is 0 Å². The zero-order valence-corrected chi connectivity index (χ0v) is 12.2. The fourth-order valence-electron chi connectivity index (χ4n) is 2.55. The van der Waals surface area contributed by atoms with Gasteiger partial charge in [0.05, 0.1) is 0 Å². The monoisotopic (exact) mass is 264 g/mol. The first-order chi connectivity index (χ1) is 8.81. The summed E-state index contributed by atoms with van der Waals surface area (Å²) in [5.74, 6) is 2.58. The Labute approximate surface area is 115 Å². The molecule has 1 fully saturated rings. The van der Waals surface area contributed by atoms with E-state index in [2.05, 4.69) is 66.3 Å². The third kappa shape index (κ3) is 3.74. The molecule has 2 unspecified atom stereocenters. The van der Waals surface area contributed by atoms with Crippen molar-refractivity contribution in [1.29, 1.82) is 0 Å². The molecule has 100 valence electrons. The largest absolute Gasteiger partial charge is 0.313 e. The normalized spacial score (nSPS) is 22.9. The van der Waals surface area contributed by atoms with Crippen LogP contribution in [0.1, 0.15) is 24.9 Å². The van der Waals surface area contributed by atoms with E-state index in [-0.39, 0.29) is 0 Å². The zero-order valence-electron chi connectivity index (χ0n) is 11.4. The van der Waals surface area contributed by atoms with E-state index >= 15 is 0 Å². The Morgan fingerprint density at radius 1 is 1.39 bits per heavy atom. The zero-order chi connectivity index (χ0) is 12.8. The summed E-state index contributed by atoms with van der Waals surface area (Å²) in [5.41, 5.74) is 1.40. The second kappa shape index (κ2) is 7.17. The van der Waals surface area contributed by atoms with E-state index < -0.39 is 0 Å². The van der Waals surface area contributed by atoms with Crippen molar-refractivity contribution >= 4 is 11.8 Å². The van der Waals surface area contributed by atoms with Crippen molar-refractivity contribution in [3.05, 3.63) is 35.9 Å². The molecule has 0 bridgehead atoms. The summed E-state index contributed by atoms with van der Waals surface area (Å²) in [5, 5.41) is 3.44. The van der Waals surface area contributed by atoms with Gasteiger partial charge in [0.15, 0.2) is 0 Å².